The van der Waals surface area contributed by atoms with Gasteiger partial charge in [-0.3, -0.25) is 4.98 Å². The average molecular weight is 282 g/mol. The number of nitrogens with zero attached hydrogens (tertiary/aromatic N) is 2. The predicted octanol–water partition coefficient (Wildman–Crippen LogP) is 4.20. The molecule has 0 unspecified atom stereocenters. The van der Waals surface area contributed by atoms with Gasteiger partial charge in [0.2, 0.25) is 5.90 Å². The van der Waals surface area contributed by atoms with E-state index >= 15 is 0 Å². The monoisotopic (exact) mass is 282 g/mol. The standard InChI is InChI=1S/C18H22N2O/c1-17(2,3)16-18(4,5)21-15(20-16)13-10-6-8-12-9-7-11-19-14(12)13/h6-11,16H,1-5H3/t16-/m0/s1. The third kappa shape index (κ3) is 2.41. The highest BCUT2D eigenvalue weighted by Gasteiger charge is 2.45. The first kappa shape index (κ1) is 14.1. The molecule has 1 aliphatic rings. The van der Waals surface area contributed by atoms with Crippen molar-refractivity contribution in [3.05, 3.63) is 42.1 Å². The molecular formula is C18H22N2O. The lowest BCUT2D eigenvalue weighted by atomic mass is 9.78. The largest absolute Gasteiger partial charge is 0.469 e. The number of para-hydroxylation sites is 1. The second kappa shape index (κ2) is 4.55. The van der Waals surface area contributed by atoms with Crippen molar-refractivity contribution in [2.45, 2.75) is 46.3 Å². The third-order valence-corrected chi connectivity index (χ3v) is 3.95. The zero-order valence-electron chi connectivity index (χ0n) is 13.3. The molecule has 3 rings (SSSR count). The van der Waals surface area contributed by atoms with Gasteiger partial charge in [-0.05, 0) is 31.4 Å². The summed E-state index contributed by atoms with van der Waals surface area (Å²) in [6.45, 7) is 10.8. The van der Waals surface area contributed by atoms with Crippen LogP contribution in [0.15, 0.2) is 41.5 Å². The summed E-state index contributed by atoms with van der Waals surface area (Å²) in [6.07, 6.45) is 1.81. The molecule has 0 spiro atoms. The Bertz CT molecular complexity index is 705. The van der Waals surface area contributed by atoms with Crippen molar-refractivity contribution in [1.29, 1.82) is 0 Å². The Morgan fingerprint density at radius 2 is 1.81 bits per heavy atom. The zero-order chi connectivity index (χ0) is 15.3. The van der Waals surface area contributed by atoms with Gasteiger partial charge in [0.05, 0.1) is 17.1 Å². The van der Waals surface area contributed by atoms with Crippen molar-refractivity contribution in [3.8, 4) is 0 Å². The molecular weight excluding hydrogens is 260 g/mol. The Morgan fingerprint density at radius 3 is 2.48 bits per heavy atom. The Hall–Kier alpha value is -1.90. The smallest absolute Gasteiger partial charge is 0.219 e. The number of rotatable bonds is 1. The molecule has 2 heterocycles. The molecule has 21 heavy (non-hydrogen) atoms. The lowest BCUT2D eigenvalue weighted by Crippen LogP contribution is -2.42. The fourth-order valence-corrected chi connectivity index (χ4v) is 3.24. The molecule has 0 N–H and O–H groups in total. The molecule has 0 radical (unpaired) electrons. The fourth-order valence-electron chi connectivity index (χ4n) is 3.24. The highest BCUT2D eigenvalue weighted by Crippen LogP contribution is 2.39. The Morgan fingerprint density at radius 1 is 1.10 bits per heavy atom. The summed E-state index contributed by atoms with van der Waals surface area (Å²) in [4.78, 5) is 9.39. The average Bonchev–Trinajstić information content (AvgIpc) is 2.74. The van der Waals surface area contributed by atoms with Gasteiger partial charge in [-0.2, -0.15) is 0 Å². The topological polar surface area (TPSA) is 34.5 Å². The van der Waals surface area contributed by atoms with Crippen LogP contribution >= 0.6 is 0 Å². The van der Waals surface area contributed by atoms with Gasteiger partial charge in [-0.25, -0.2) is 4.99 Å². The molecule has 0 amide bonds. The normalized spacial score (nSPS) is 21.2. The van der Waals surface area contributed by atoms with E-state index in [1.807, 2.05) is 24.4 Å². The fraction of sp³-hybridized carbons (Fsp3) is 0.444. The van der Waals surface area contributed by atoms with Gasteiger partial charge in [-0.15, -0.1) is 0 Å². The number of aliphatic imine (C=N–C) groups is 1. The number of hydrogen-bond donors (Lipinski definition) is 0. The van der Waals surface area contributed by atoms with Gasteiger partial charge in [0.25, 0.3) is 0 Å². The summed E-state index contributed by atoms with van der Waals surface area (Å²) < 4.78 is 6.19. The number of aromatic nitrogens is 1. The molecule has 0 saturated heterocycles. The number of benzene rings is 1. The lowest BCUT2D eigenvalue weighted by Gasteiger charge is -2.34. The number of pyridine rings is 1. The van der Waals surface area contributed by atoms with Crippen LogP contribution in [0.4, 0.5) is 0 Å². The maximum absolute atomic E-state index is 6.19. The minimum absolute atomic E-state index is 0.0588. The van der Waals surface area contributed by atoms with E-state index in [1.165, 1.54) is 0 Å². The first-order chi connectivity index (χ1) is 9.79. The molecule has 3 heteroatoms. The lowest BCUT2D eigenvalue weighted by molar-refractivity contribution is 0.0560. The molecule has 0 bridgehead atoms. The van der Waals surface area contributed by atoms with Crippen LogP contribution in [0.5, 0.6) is 0 Å². The molecule has 0 saturated carbocycles. The van der Waals surface area contributed by atoms with Gasteiger partial charge < -0.3 is 4.74 Å². The SMILES string of the molecule is CC(C)(C)[C@@H]1N=C(c2cccc3cccnc23)OC1(C)C. The molecule has 2 aromatic rings. The molecule has 110 valence electrons. The summed E-state index contributed by atoms with van der Waals surface area (Å²) in [7, 11) is 0. The van der Waals surface area contributed by atoms with E-state index < -0.39 is 0 Å². The summed E-state index contributed by atoms with van der Waals surface area (Å²) in [5.41, 5.74) is 1.69. The molecule has 1 aromatic heterocycles. The Labute approximate surface area is 126 Å². The van der Waals surface area contributed by atoms with Crippen molar-refractivity contribution >= 4 is 16.8 Å². The van der Waals surface area contributed by atoms with E-state index in [1.54, 1.807) is 0 Å². The maximum Gasteiger partial charge on any atom is 0.219 e. The summed E-state index contributed by atoms with van der Waals surface area (Å²) >= 11 is 0. The van der Waals surface area contributed by atoms with E-state index in [2.05, 4.69) is 51.7 Å². The van der Waals surface area contributed by atoms with Gasteiger partial charge in [0.1, 0.15) is 5.60 Å². The van der Waals surface area contributed by atoms with Crippen LogP contribution in [0.1, 0.15) is 40.2 Å². The molecule has 1 aromatic carbocycles. The van der Waals surface area contributed by atoms with Crippen LogP contribution in [0.2, 0.25) is 0 Å². The van der Waals surface area contributed by atoms with Crippen molar-refractivity contribution in [2.24, 2.45) is 10.4 Å². The zero-order valence-corrected chi connectivity index (χ0v) is 13.3. The first-order valence-electron chi connectivity index (χ1n) is 7.40. The van der Waals surface area contributed by atoms with Crippen molar-refractivity contribution in [3.63, 3.8) is 0 Å². The van der Waals surface area contributed by atoms with Gasteiger partial charge >= 0.3 is 0 Å². The van der Waals surface area contributed by atoms with Crippen molar-refractivity contribution in [2.75, 3.05) is 0 Å². The van der Waals surface area contributed by atoms with E-state index in [0.29, 0.717) is 5.90 Å². The number of fused-ring (bicyclic) bond motifs is 1. The van der Waals surface area contributed by atoms with E-state index in [4.69, 9.17) is 9.73 Å². The van der Waals surface area contributed by atoms with Crippen LogP contribution in [-0.4, -0.2) is 22.5 Å². The second-order valence-corrected chi connectivity index (χ2v) is 7.29. The second-order valence-electron chi connectivity index (χ2n) is 7.29. The highest BCUT2D eigenvalue weighted by atomic mass is 16.5. The summed E-state index contributed by atoms with van der Waals surface area (Å²) in [5, 5.41) is 1.11. The molecule has 0 aliphatic carbocycles. The minimum atomic E-state index is -0.301. The number of ether oxygens (including phenoxy) is 1. The Kier molecular flexibility index (Phi) is 3.05. The maximum atomic E-state index is 6.19. The minimum Gasteiger partial charge on any atom is -0.469 e. The van der Waals surface area contributed by atoms with Gasteiger partial charge in [-0.1, -0.05) is 39.0 Å². The summed E-state index contributed by atoms with van der Waals surface area (Å²) in [6, 6.07) is 10.3. The molecule has 3 nitrogen and oxygen atoms in total. The predicted molar refractivity (Wildman–Crippen MR) is 86.7 cm³/mol. The van der Waals surface area contributed by atoms with E-state index in [0.717, 1.165) is 16.5 Å². The first-order valence-corrected chi connectivity index (χ1v) is 7.40. The van der Waals surface area contributed by atoms with Crippen LogP contribution in [0.3, 0.4) is 0 Å². The van der Waals surface area contributed by atoms with E-state index in [-0.39, 0.29) is 17.1 Å². The third-order valence-electron chi connectivity index (χ3n) is 3.95. The van der Waals surface area contributed by atoms with Crippen LogP contribution < -0.4 is 0 Å². The molecule has 1 aliphatic heterocycles. The van der Waals surface area contributed by atoms with Crippen molar-refractivity contribution in [1.82, 2.24) is 4.98 Å². The number of hydrogen-bond acceptors (Lipinski definition) is 3. The Balaban J connectivity index is 2.12. The van der Waals surface area contributed by atoms with Crippen LogP contribution in [0, 0.1) is 5.41 Å². The van der Waals surface area contributed by atoms with Crippen LogP contribution in [-0.2, 0) is 4.74 Å². The molecule has 1 atom stereocenters. The van der Waals surface area contributed by atoms with Gasteiger partial charge in [0.15, 0.2) is 0 Å². The quantitative estimate of drug-likeness (QED) is 0.785. The van der Waals surface area contributed by atoms with Crippen molar-refractivity contribution < 1.29 is 4.74 Å². The van der Waals surface area contributed by atoms with Gasteiger partial charge in [0, 0.05) is 11.6 Å². The van der Waals surface area contributed by atoms with Crippen LogP contribution in [0.25, 0.3) is 10.9 Å². The van der Waals surface area contributed by atoms with E-state index in [9.17, 15) is 0 Å². The highest BCUT2D eigenvalue weighted by molar-refractivity contribution is 6.06. The molecule has 0 fully saturated rings. The summed E-state index contributed by atoms with van der Waals surface area (Å²) in [5.74, 6) is 0.712.